The van der Waals surface area contributed by atoms with Crippen molar-refractivity contribution in [2.24, 2.45) is 5.92 Å². The zero-order valence-electron chi connectivity index (χ0n) is 8.57. The van der Waals surface area contributed by atoms with Gasteiger partial charge in [0.25, 0.3) is 0 Å². The maximum atomic E-state index is 10.9. The van der Waals surface area contributed by atoms with E-state index in [1.807, 2.05) is 44.2 Å². The molecule has 0 radical (unpaired) electrons. The minimum Gasteiger partial charge on any atom is -0.549 e. The Kier molecular flexibility index (Phi) is 3.69. The van der Waals surface area contributed by atoms with Gasteiger partial charge < -0.3 is 9.90 Å². The first-order valence-corrected chi connectivity index (χ1v) is 4.87. The normalized spacial score (nSPS) is 12.8. The van der Waals surface area contributed by atoms with Crippen molar-refractivity contribution in [2.45, 2.75) is 26.2 Å². The van der Waals surface area contributed by atoms with Crippen molar-refractivity contribution in [1.82, 2.24) is 0 Å². The third-order valence-electron chi connectivity index (χ3n) is 2.19. The van der Waals surface area contributed by atoms with Crippen molar-refractivity contribution in [3.63, 3.8) is 0 Å². The van der Waals surface area contributed by atoms with E-state index in [2.05, 4.69) is 0 Å². The first-order chi connectivity index (χ1) is 6.61. The van der Waals surface area contributed by atoms with Crippen molar-refractivity contribution in [2.75, 3.05) is 0 Å². The molecule has 0 heterocycles. The summed E-state index contributed by atoms with van der Waals surface area (Å²) in [5, 5.41) is 10.9. The molecule has 0 saturated carbocycles. The highest BCUT2D eigenvalue weighted by molar-refractivity contribution is 5.73. The molecule has 14 heavy (non-hydrogen) atoms. The number of carbonyl (C=O) groups is 1. The number of carboxylic acids is 1. The van der Waals surface area contributed by atoms with Crippen LogP contribution in [-0.4, -0.2) is 5.97 Å². The number of aliphatic carboxylic acids is 1. The fraction of sp³-hybridized carbons (Fsp3) is 0.417. The minimum absolute atomic E-state index is 0.359. The van der Waals surface area contributed by atoms with Gasteiger partial charge >= 0.3 is 0 Å². The molecule has 2 heteroatoms. The number of rotatable bonds is 4. The monoisotopic (exact) mass is 191 g/mol. The first-order valence-electron chi connectivity index (χ1n) is 4.87. The van der Waals surface area contributed by atoms with Crippen LogP contribution in [0.4, 0.5) is 0 Å². The van der Waals surface area contributed by atoms with Gasteiger partial charge in [-0.25, -0.2) is 0 Å². The highest BCUT2D eigenvalue weighted by Gasteiger charge is 2.13. The molecule has 1 atom stereocenters. The van der Waals surface area contributed by atoms with Gasteiger partial charge in [0.2, 0.25) is 0 Å². The van der Waals surface area contributed by atoms with E-state index in [0.717, 1.165) is 5.56 Å². The Labute approximate surface area is 84.6 Å². The molecule has 1 aromatic carbocycles. The van der Waals surface area contributed by atoms with Gasteiger partial charge in [-0.3, -0.25) is 0 Å². The molecule has 0 fully saturated rings. The topological polar surface area (TPSA) is 40.1 Å². The van der Waals surface area contributed by atoms with Crippen LogP contribution in [0.1, 0.15) is 31.7 Å². The van der Waals surface area contributed by atoms with Crippen molar-refractivity contribution in [1.29, 1.82) is 0 Å². The lowest BCUT2D eigenvalue weighted by molar-refractivity contribution is -0.308. The van der Waals surface area contributed by atoms with Crippen LogP contribution in [0.5, 0.6) is 0 Å². The van der Waals surface area contributed by atoms with Gasteiger partial charge in [-0.05, 0) is 17.9 Å². The molecule has 1 aromatic rings. The van der Waals surface area contributed by atoms with Gasteiger partial charge in [0.15, 0.2) is 0 Å². The largest absolute Gasteiger partial charge is 0.549 e. The summed E-state index contributed by atoms with van der Waals surface area (Å²) in [4.78, 5) is 10.9. The van der Waals surface area contributed by atoms with E-state index in [4.69, 9.17) is 0 Å². The van der Waals surface area contributed by atoms with E-state index in [1.54, 1.807) is 0 Å². The molecule has 0 saturated heterocycles. The van der Waals surface area contributed by atoms with Crippen LogP contribution in [0, 0.1) is 5.92 Å². The van der Waals surface area contributed by atoms with Gasteiger partial charge in [0, 0.05) is 11.9 Å². The molecule has 0 aliphatic carbocycles. The second-order valence-corrected chi connectivity index (χ2v) is 3.91. The zero-order valence-corrected chi connectivity index (χ0v) is 8.57. The molecule has 0 amide bonds. The number of hydrogen-bond donors (Lipinski definition) is 0. The molecule has 0 aliphatic rings. The van der Waals surface area contributed by atoms with E-state index in [9.17, 15) is 9.90 Å². The molecule has 1 unspecified atom stereocenters. The molecule has 0 spiro atoms. The molecule has 1 rings (SSSR count). The molecular formula is C12H15O2-. The molecule has 76 valence electrons. The van der Waals surface area contributed by atoms with E-state index >= 15 is 0 Å². The van der Waals surface area contributed by atoms with Crippen LogP contribution in [0.15, 0.2) is 30.3 Å². The van der Waals surface area contributed by atoms with E-state index < -0.39 is 11.9 Å². The second kappa shape index (κ2) is 4.80. The Morgan fingerprint density at radius 2 is 1.86 bits per heavy atom. The van der Waals surface area contributed by atoms with Crippen LogP contribution < -0.4 is 5.11 Å². The lowest BCUT2D eigenvalue weighted by atomic mass is 9.90. The Morgan fingerprint density at radius 3 is 2.29 bits per heavy atom. The van der Waals surface area contributed by atoms with Crippen molar-refractivity contribution in [3.8, 4) is 0 Å². The fourth-order valence-electron chi connectivity index (χ4n) is 1.53. The third kappa shape index (κ3) is 2.87. The fourth-order valence-corrected chi connectivity index (χ4v) is 1.53. The summed E-state index contributed by atoms with van der Waals surface area (Å²) in [6.07, 6.45) is 0.631. The van der Waals surface area contributed by atoms with E-state index in [-0.39, 0.29) is 0 Å². The van der Waals surface area contributed by atoms with Crippen LogP contribution in [0.2, 0.25) is 0 Å². The predicted octanol–water partition coefficient (Wildman–Crippen LogP) is 1.57. The predicted molar refractivity (Wildman–Crippen MR) is 53.6 cm³/mol. The maximum Gasteiger partial charge on any atom is 0.0489 e. The molecule has 0 aliphatic heterocycles. The maximum absolute atomic E-state index is 10.9. The molecule has 0 bridgehead atoms. The molecule has 0 N–H and O–H groups in total. The van der Waals surface area contributed by atoms with Crippen LogP contribution in [0.25, 0.3) is 0 Å². The van der Waals surface area contributed by atoms with Crippen molar-refractivity contribution < 1.29 is 9.90 Å². The summed E-state index contributed by atoms with van der Waals surface area (Å²) in [6.45, 7) is 4.03. The van der Waals surface area contributed by atoms with Gasteiger partial charge in [0.05, 0.1) is 0 Å². The lowest BCUT2D eigenvalue weighted by Crippen LogP contribution is -2.30. The number of hydrogen-bond acceptors (Lipinski definition) is 2. The number of benzene rings is 1. The van der Waals surface area contributed by atoms with Crippen LogP contribution >= 0.6 is 0 Å². The van der Waals surface area contributed by atoms with E-state index in [0.29, 0.717) is 12.3 Å². The quantitative estimate of drug-likeness (QED) is 0.724. The Morgan fingerprint density at radius 1 is 1.29 bits per heavy atom. The average molecular weight is 191 g/mol. The number of carboxylic acid groups (broad SMARTS) is 1. The standard InChI is InChI=1S/C12H16O2/c1-9(2)8-11(12(13)14)10-6-4-3-5-7-10/h3-7,9,11H,8H2,1-2H3,(H,13,14)/p-1. The lowest BCUT2D eigenvalue weighted by Gasteiger charge is -2.20. The second-order valence-electron chi connectivity index (χ2n) is 3.91. The van der Waals surface area contributed by atoms with Crippen molar-refractivity contribution >= 4 is 5.97 Å². The van der Waals surface area contributed by atoms with Gasteiger partial charge in [-0.15, -0.1) is 0 Å². The first kappa shape index (κ1) is 10.8. The van der Waals surface area contributed by atoms with Gasteiger partial charge in [-0.2, -0.15) is 0 Å². The highest BCUT2D eigenvalue weighted by Crippen LogP contribution is 2.22. The summed E-state index contributed by atoms with van der Waals surface area (Å²) in [6, 6.07) is 9.26. The Hall–Kier alpha value is -1.31. The Balaban J connectivity index is 2.84. The number of carbonyl (C=O) groups excluding carboxylic acids is 1. The zero-order chi connectivity index (χ0) is 10.6. The summed E-state index contributed by atoms with van der Waals surface area (Å²) in [5.41, 5.74) is 0.834. The highest BCUT2D eigenvalue weighted by atomic mass is 16.4. The van der Waals surface area contributed by atoms with Crippen molar-refractivity contribution in [3.05, 3.63) is 35.9 Å². The summed E-state index contributed by atoms with van der Waals surface area (Å²) in [7, 11) is 0. The summed E-state index contributed by atoms with van der Waals surface area (Å²) < 4.78 is 0. The summed E-state index contributed by atoms with van der Waals surface area (Å²) >= 11 is 0. The smallest absolute Gasteiger partial charge is 0.0489 e. The third-order valence-corrected chi connectivity index (χ3v) is 2.19. The minimum atomic E-state index is -0.982. The molecular weight excluding hydrogens is 176 g/mol. The Bertz CT molecular complexity index is 290. The summed E-state index contributed by atoms with van der Waals surface area (Å²) in [5.74, 6) is -1.10. The van der Waals surface area contributed by atoms with Crippen LogP contribution in [-0.2, 0) is 4.79 Å². The van der Waals surface area contributed by atoms with E-state index in [1.165, 1.54) is 0 Å². The molecule has 0 aromatic heterocycles. The SMILES string of the molecule is CC(C)CC(C(=O)[O-])c1ccccc1. The molecule has 2 nitrogen and oxygen atoms in total. The van der Waals surface area contributed by atoms with Gasteiger partial charge in [0.1, 0.15) is 0 Å². The van der Waals surface area contributed by atoms with Crippen LogP contribution in [0.3, 0.4) is 0 Å². The average Bonchev–Trinajstić information content (AvgIpc) is 2.15. The van der Waals surface area contributed by atoms with Gasteiger partial charge in [-0.1, -0.05) is 44.2 Å².